The SMILES string of the molecule is CCCCN1CCC(NC(=O)NC)CC1. The van der Waals surface area contributed by atoms with Crippen molar-refractivity contribution < 1.29 is 4.79 Å². The second-order valence-electron chi connectivity index (χ2n) is 4.19. The highest BCUT2D eigenvalue weighted by molar-refractivity contribution is 5.73. The number of carbonyl (C=O) groups is 1. The molecule has 0 aromatic heterocycles. The smallest absolute Gasteiger partial charge is 0.314 e. The number of amides is 2. The van der Waals surface area contributed by atoms with E-state index in [4.69, 9.17) is 0 Å². The van der Waals surface area contributed by atoms with Gasteiger partial charge in [-0.05, 0) is 25.8 Å². The van der Waals surface area contributed by atoms with Gasteiger partial charge in [0.2, 0.25) is 0 Å². The van der Waals surface area contributed by atoms with E-state index < -0.39 is 0 Å². The zero-order chi connectivity index (χ0) is 11.1. The summed E-state index contributed by atoms with van der Waals surface area (Å²) in [5.41, 5.74) is 0. The van der Waals surface area contributed by atoms with Crippen LogP contribution in [0.2, 0.25) is 0 Å². The summed E-state index contributed by atoms with van der Waals surface area (Å²) in [6, 6.07) is 0.310. The van der Waals surface area contributed by atoms with Crippen molar-refractivity contribution in [3.8, 4) is 0 Å². The lowest BCUT2D eigenvalue weighted by atomic mass is 10.1. The first-order valence-electron chi connectivity index (χ1n) is 5.97. The van der Waals surface area contributed by atoms with Crippen LogP contribution in [0.3, 0.4) is 0 Å². The molecule has 1 rings (SSSR count). The number of likely N-dealkylation sites (tertiary alicyclic amines) is 1. The monoisotopic (exact) mass is 213 g/mol. The lowest BCUT2D eigenvalue weighted by Crippen LogP contribution is -2.47. The van der Waals surface area contributed by atoms with Gasteiger partial charge < -0.3 is 15.5 Å². The van der Waals surface area contributed by atoms with Crippen molar-refractivity contribution in [1.82, 2.24) is 15.5 Å². The van der Waals surface area contributed by atoms with Crippen LogP contribution in [0.15, 0.2) is 0 Å². The maximum atomic E-state index is 11.1. The van der Waals surface area contributed by atoms with E-state index in [1.807, 2.05) is 0 Å². The minimum Gasteiger partial charge on any atom is -0.341 e. The van der Waals surface area contributed by atoms with E-state index in [9.17, 15) is 4.79 Å². The number of urea groups is 1. The van der Waals surface area contributed by atoms with E-state index in [1.165, 1.54) is 19.4 Å². The van der Waals surface area contributed by atoms with Gasteiger partial charge in [0.1, 0.15) is 0 Å². The molecule has 0 saturated carbocycles. The third kappa shape index (κ3) is 4.51. The molecule has 1 aliphatic rings. The third-order valence-electron chi connectivity index (χ3n) is 2.98. The lowest BCUT2D eigenvalue weighted by Gasteiger charge is -2.32. The Kier molecular flexibility index (Phi) is 5.47. The molecule has 0 atom stereocenters. The molecule has 0 aromatic carbocycles. The second kappa shape index (κ2) is 6.67. The fraction of sp³-hybridized carbons (Fsp3) is 0.909. The molecule has 0 bridgehead atoms. The van der Waals surface area contributed by atoms with Crippen molar-refractivity contribution in [2.75, 3.05) is 26.7 Å². The summed E-state index contributed by atoms with van der Waals surface area (Å²) in [5.74, 6) is 0. The van der Waals surface area contributed by atoms with Gasteiger partial charge in [-0.1, -0.05) is 13.3 Å². The molecule has 0 unspecified atom stereocenters. The Balaban J connectivity index is 2.15. The summed E-state index contributed by atoms with van der Waals surface area (Å²) in [7, 11) is 1.66. The van der Waals surface area contributed by atoms with Gasteiger partial charge in [-0.3, -0.25) is 0 Å². The summed E-state index contributed by atoms with van der Waals surface area (Å²) in [6.45, 7) is 5.67. The zero-order valence-corrected chi connectivity index (χ0v) is 9.88. The molecule has 0 radical (unpaired) electrons. The molecule has 1 fully saturated rings. The van der Waals surface area contributed by atoms with Crippen molar-refractivity contribution in [1.29, 1.82) is 0 Å². The van der Waals surface area contributed by atoms with Gasteiger partial charge in [-0.2, -0.15) is 0 Å². The van der Waals surface area contributed by atoms with Gasteiger partial charge in [0.05, 0.1) is 0 Å². The van der Waals surface area contributed by atoms with Crippen molar-refractivity contribution in [3.63, 3.8) is 0 Å². The van der Waals surface area contributed by atoms with Crippen molar-refractivity contribution >= 4 is 6.03 Å². The van der Waals surface area contributed by atoms with Crippen LogP contribution >= 0.6 is 0 Å². The third-order valence-corrected chi connectivity index (χ3v) is 2.98. The molecule has 2 amide bonds. The van der Waals surface area contributed by atoms with E-state index >= 15 is 0 Å². The van der Waals surface area contributed by atoms with Crippen LogP contribution in [0.4, 0.5) is 4.79 Å². The zero-order valence-electron chi connectivity index (χ0n) is 9.88. The molecular weight excluding hydrogens is 190 g/mol. The first-order valence-corrected chi connectivity index (χ1v) is 5.97. The average Bonchev–Trinajstić information content (AvgIpc) is 2.28. The summed E-state index contributed by atoms with van der Waals surface area (Å²) in [5, 5.41) is 5.56. The Labute approximate surface area is 92.4 Å². The molecule has 1 saturated heterocycles. The van der Waals surface area contributed by atoms with E-state index in [-0.39, 0.29) is 6.03 Å². The fourth-order valence-corrected chi connectivity index (χ4v) is 1.94. The number of carbonyl (C=O) groups excluding carboxylic acids is 1. The highest BCUT2D eigenvalue weighted by Gasteiger charge is 2.19. The van der Waals surface area contributed by atoms with E-state index in [0.29, 0.717) is 6.04 Å². The normalized spacial score (nSPS) is 18.8. The van der Waals surface area contributed by atoms with Crippen LogP contribution in [0.5, 0.6) is 0 Å². The number of rotatable bonds is 4. The molecule has 0 aliphatic carbocycles. The predicted molar refractivity (Wildman–Crippen MR) is 62.0 cm³/mol. The highest BCUT2D eigenvalue weighted by Crippen LogP contribution is 2.10. The van der Waals surface area contributed by atoms with Crippen molar-refractivity contribution in [2.24, 2.45) is 0 Å². The Morgan fingerprint density at radius 3 is 2.60 bits per heavy atom. The Morgan fingerprint density at radius 2 is 2.07 bits per heavy atom. The minimum atomic E-state index is -0.0537. The second-order valence-corrected chi connectivity index (χ2v) is 4.19. The van der Waals surface area contributed by atoms with Crippen molar-refractivity contribution in [2.45, 2.75) is 38.6 Å². The number of unbranched alkanes of at least 4 members (excludes halogenated alkanes) is 1. The maximum absolute atomic E-state index is 11.1. The summed E-state index contributed by atoms with van der Waals surface area (Å²) in [4.78, 5) is 13.6. The first-order chi connectivity index (χ1) is 7.26. The van der Waals surface area contributed by atoms with Gasteiger partial charge in [-0.15, -0.1) is 0 Å². The Hall–Kier alpha value is -0.770. The number of nitrogens with zero attached hydrogens (tertiary/aromatic N) is 1. The number of hydrogen-bond acceptors (Lipinski definition) is 2. The molecular formula is C11H23N3O. The van der Waals surface area contributed by atoms with E-state index in [1.54, 1.807) is 7.05 Å². The van der Waals surface area contributed by atoms with Crippen LogP contribution < -0.4 is 10.6 Å². The quantitative estimate of drug-likeness (QED) is 0.736. The summed E-state index contributed by atoms with van der Waals surface area (Å²) >= 11 is 0. The van der Waals surface area contributed by atoms with Crippen molar-refractivity contribution in [3.05, 3.63) is 0 Å². The van der Waals surface area contributed by atoms with Gasteiger partial charge in [-0.25, -0.2) is 4.79 Å². The van der Waals surface area contributed by atoms with Crippen LogP contribution in [0, 0.1) is 0 Å². The summed E-state index contributed by atoms with van der Waals surface area (Å²) in [6.07, 6.45) is 4.71. The van der Waals surface area contributed by atoms with Crippen LogP contribution in [0.25, 0.3) is 0 Å². The van der Waals surface area contributed by atoms with Gasteiger partial charge in [0.15, 0.2) is 0 Å². The lowest BCUT2D eigenvalue weighted by molar-refractivity contribution is 0.191. The summed E-state index contributed by atoms with van der Waals surface area (Å²) < 4.78 is 0. The Bertz CT molecular complexity index is 188. The van der Waals surface area contributed by atoms with E-state index in [2.05, 4.69) is 22.5 Å². The molecule has 88 valence electrons. The number of piperidine rings is 1. The molecule has 1 aliphatic heterocycles. The molecule has 15 heavy (non-hydrogen) atoms. The van der Waals surface area contributed by atoms with E-state index in [0.717, 1.165) is 25.9 Å². The fourth-order valence-electron chi connectivity index (χ4n) is 1.94. The highest BCUT2D eigenvalue weighted by atomic mass is 16.2. The van der Waals surface area contributed by atoms with Crippen LogP contribution in [-0.2, 0) is 0 Å². The molecule has 4 nitrogen and oxygen atoms in total. The topological polar surface area (TPSA) is 44.4 Å². The number of hydrogen-bond donors (Lipinski definition) is 2. The van der Waals surface area contributed by atoms with Crippen LogP contribution in [0.1, 0.15) is 32.6 Å². The van der Waals surface area contributed by atoms with Gasteiger partial charge in [0.25, 0.3) is 0 Å². The standard InChI is InChI=1S/C11H23N3O/c1-3-4-7-14-8-5-10(6-9-14)13-11(15)12-2/h10H,3-9H2,1-2H3,(H2,12,13,15). The Morgan fingerprint density at radius 1 is 1.40 bits per heavy atom. The molecule has 2 N–H and O–H groups in total. The van der Waals surface area contributed by atoms with Gasteiger partial charge >= 0.3 is 6.03 Å². The molecule has 0 aromatic rings. The van der Waals surface area contributed by atoms with Crippen LogP contribution in [-0.4, -0.2) is 43.7 Å². The number of nitrogens with one attached hydrogen (secondary N) is 2. The van der Waals surface area contributed by atoms with Gasteiger partial charge in [0, 0.05) is 26.2 Å². The predicted octanol–water partition coefficient (Wildman–Crippen LogP) is 1.18. The maximum Gasteiger partial charge on any atom is 0.314 e. The largest absolute Gasteiger partial charge is 0.341 e. The average molecular weight is 213 g/mol. The first kappa shape index (κ1) is 12.3. The molecule has 4 heteroatoms. The molecule has 1 heterocycles. The minimum absolute atomic E-state index is 0.0537. The molecule has 0 spiro atoms.